The van der Waals surface area contributed by atoms with Crippen LogP contribution in [0.5, 0.6) is 0 Å². The molecule has 2 nitrogen and oxygen atoms in total. The van der Waals surface area contributed by atoms with Crippen molar-refractivity contribution < 1.29 is 0 Å². The zero-order chi connectivity index (χ0) is 10.7. The molecule has 0 unspecified atom stereocenters. The first-order chi connectivity index (χ1) is 7.27. The van der Waals surface area contributed by atoms with Gasteiger partial charge in [0.1, 0.15) is 0 Å². The third-order valence-electron chi connectivity index (χ3n) is 3.38. The monoisotopic (exact) mass is 236 g/mol. The fourth-order valence-electron chi connectivity index (χ4n) is 2.22. The summed E-state index contributed by atoms with van der Waals surface area (Å²) in [5, 5.41) is 9.41. The number of halogens is 1. The van der Waals surface area contributed by atoms with E-state index in [9.17, 15) is 5.26 Å². The van der Waals surface area contributed by atoms with E-state index in [0.717, 1.165) is 25.9 Å². The first-order valence-electron chi connectivity index (χ1n) is 5.42. The predicted molar refractivity (Wildman–Crippen MR) is 67.7 cm³/mol. The smallest absolute Gasteiger partial charge is 0.0846 e. The average molecular weight is 237 g/mol. The van der Waals surface area contributed by atoms with Crippen molar-refractivity contribution in [3.8, 4) is 6.07 Å². The summed E-state index contributed by atoms with van der Waals surface area (Å²) in [5.41, 5.74) is 0.939. The second-order valence-electron chi connectivity index (χ2n) is 4.36. The van der Waals surface area contributed by atoms with E-state index in [2.05, 4.69) is 30.1 Å². The number of benzene rings is 1. The molecule has 0 radical (unpaired) electrons. The summed E-state index contributed by atoms with van der Waals surface area (Å²) in [6, 6.07) is 12.7. The van der Waals surface area contributed by atoms with Gasteiger partial charge in [0.15, 0.2) is 0 Å². The van der Waals surface area contributed by atoms with Crippen molar-refractivity contribution in [2.75, 3.05) is 20.1 Å². The lowest BCUT2D eigenvalue weighted by molar-refractivity contribution is 0.222. The Kier molecular flexibility index (Phi) is 4.35. The van der Waals surface area contributed by atoms with Crippen molar-refractivity contribution >= 4 is 12.4 Å². The Labute approximate surface area is 103 Å². The van der Waals surface area contributed by atoms with E-state index in [4.69, 9.17) is 0 Å². The molecule has 0 N–H and O–H groups in total. The van der Waals surface area contributed by atoms with Crippen LogP contribution in [0.3, 0.4) is 0 Å². The molecule has 1 aromatic carbocycles. The maximum Gasteiger partial charge on any atom is 0.0846 e. The van der Waals surface area contributed by atoms with Gasteiger partial charge in [0.25, 0.3) is 0 Å². The van der Waals surface area contributed by atoms with Gasteiger partial charge in [0, 0.05) is 0 Å². The lowest BCUT2D eigenvalue weighted by Crippen LogP contribution is -2.39. The van der Waals surface area contributed by atoms with E-state index in [-0.39, 0.29) is 17.8 Å². The Balaban J connectivity index is 0.00000128. The number of nitrogens with zero attached hydrogens (tertiary/aromatic N) is 2. The van der Waals surface area contributed by atoms with Crippen LogP contribution in [-0.4, -0.2) is 25.0 Å². The Morgan fingerprint density at radius 2 is 1.75 bits per heavy atom. The van der Waals surface area contributed by atoms with Gasteiger partial charge in [-0.05, 0) is 38.5 Å². The third kappa shape index (κ3) is 2.37. The van der Waals surface area contributed by atoms with Gasteiger partial charge in [-0.2, -0.15) is 5.26 Å². The Morgan fingerprint density at radius 3 is 2.25 bits per heavy atom. The minimum Gasteiger partial charge on any atom is -0.306 e. The van der Waals surface area contributed by atoms with Crippen LogP contribution in [0.25, 0.3) is 0 Å². The Hall–Kier alpha value is -1.04. The van der Waals surface area contributed by atoms with E-state index < -0.39 is 0 Å². The molecular weight excluding hydrogens is 220 g/mol. The van der Waals surface area contributed by atoms with Gasteiger partial charge in [-0.3, -0.25) is 0 Å². The first-order valence-corrected chi connectivity index (χ1v) is 5.42. The lowest BCUT2D eigenvalue weighted by atomic mass is 9.74. The molecule has 16 heavy (non-hydrogen) atoms. The molecule has 1 fully saturated rings. The Morgan fingerprint density at radius 1 is 1.19 bits per heavy atom. The van der Waals surface area contributed by atoms with Crippen molar-refractivity contribution in [3.05, 3.63) is 35.9 Å². The fourth-order valence-corrected chi connectivity index (χ4v) is 2.22. The number of likely N-dealkylation sites (tertiary alicyclic amines) is 1. The van der Waals surface area contributed by atoms with E-state index in [1.54, 1.807) is 0 Å². The molecule has 1 aliphatic rings. The highest BCUT2D eigenvalue weighted by Gasteiger charge is 2.35. The second-order valence-corrected chi connectivity index (χ2v) is 4.36. The predicted octanol–water partition coefficient (Wildman–Crippen LogP) is 2.60. The molecule has 0 amide bonds. The summed E-state index contributed by atoms with van der Waals surface area (Å²) in [6.45, 7) is 2.03. The average Bonchev–Trinajstić information content (AvgIpc) is 2.32. The van der Waals surface area contributed by atoms with Gasteiger partial charge in [-0.15, -0.1) is 12.4 Å². The second kappa shape index (κ2) is 5.34. The summed E-state index contributed by atoms with van der Waals surface area (Å²) >= 11 is 0. The van der Waals surface area contributed by atoms with Crippen molar-refractivity contribution in [2.45, 2.75) is 18.3 Å². The van der Waals surface area contributed by atoms with Gasteiger partial charge >= 0.3 is 0 Å². The summed E-state index contributed by atoms with van der Waals surface area (Å²) < 4.78 is 0. The number of rotatable bonds is 1. The molecule has 0 aromatic heterocycles. The van der Waals surface area contributed by atoms with E-state index in [0.29, 0.717) is 0 Å². The number of hydrogen-bond acceptors (Lipinski definition) is 2. The largest absolute Gasteiger partial charge is 0.306 e. The highest BCUT2D eigenvalue weighted by Crippen LogP contribution is 2.34. The van der Waals surface area contributed by atoms with Crippen LogP contribution in [0.15, 0.2) is 30.3 Å². The quantitative estimate of drug-likeness (QED) is 0.750. The molecule has 0 spiro atoms. The molecule has 0 saturated carbocycles. The lowest BCUT2D eigenvalue weighted by Gasteiger charge is -2.35. The van der Waals surface area contributed by atoms with Gasteiger partial charge in [0.05, 0.1) is 11.5 Å². The summed E-state index contributed by atoms with van der Waals surface area (Å²) in [4.78, 5) is 2.29. The van der Waals surface area contributed by atoms with Crippen molar-refractivity contribution in [1.29, 1.82) is 5.26 Å². The van der Waals surface area contributed by atoms with Gasteiger partial charge in [0.2, 0.25) is 0 Å². The molecule has 2 rings (SSSR count). The van der Waals surface area contributed by atoms with E-state index in [1.165, 1.54) is 5.56 Å². The first kappa shape index (κ1) is 13.0. The minimum absolute atomic E-state index is 0. The standard InChI is InChI=1S/C13H16N2.ClH/c1-15-9-7-13(11-14,8-10-15)12-5-3-2-4-6-12;/h2-6H,7-10H2,1H3;1H. The van der Waals surface area contributed by atoms with Gasteiger partial charge in [-0.25, -0.2) is 0 Å². The summed E-state index contributed by atoms with van der Waals surface area (Å²) in [7, 11) is 2.12. The zero-order valence-corrected chi connectivity index (χ0v) is 10.3. The number of hydrogen-bond donors (Lipinski definition) is 0. The normalized spacial score (nSPS) is 19.5. The highest BCUT2D eigenvalue weighted by molar-refractivity contribution is 5.85. The molecule has 1 aromatic rings. The maximum absolute atomic E-state index is 9.41. The minimum atomic E-state index is -0.242. The molecule has 0 atom stereocenters. The molecular formula is C13H17ClN2. The van der Waals surface area contributed by atoms with Crippen LogP contribution >= 0.6 is 12.4 Å². The number of piperidine rings is 1. The van der Waals surface area contributed by atoms with Crippen molar-refractivity contribution in [3.63, 3.8) is 0 Å². The highest BCUT2D eigenvalue weighted by atomic mass is 35.5. The third-order valence-corrected chi connectivity index (χ3v) is 3.38. The van der Waals surface area contributed by atoms with Crippen LogP contribution in [0.4, 0.5) is 0 Å². The fraction of sp³-hybridized carbons (Fsp3) is 0.462. The molecule has 1 aliphatic heterocycles. The molecule has 3 heteroatoms. The summed E-state index contributed by atoms with van der Waals surface area (Å²) in [5.74, 6) is 0. The van der Waals surface area contributed by atoms with Crippen molar-refractivity contribution in [1.82, 2.24) is 4.90 Å². The van der Waals surface area contributed by atoms with Crippen LogP contribution in [0, 0.1) is 11.3 Å². The SMILES string of the molecule is CN1CCC(C#N)(c2ccccc2)CC1.Cl. The van der Waals surface area contributed by atoms with E-state index >= 15 is 0 Å². The van der Waals surface area contributed by atoms with Gasteiger partial charge in [-0.1, -0.05) is 30.3 Å². The maximum atomic E-state index is 9.41. The van der Waals surface area contributed by atoms with E-state index in [1.807, 2.05) is 18.2 Å². The molecule has 0 bridgehead atoms. The molecule has 0 aliphatic carbocycles. The molecule has 86 valence electrons. The topological polar surface area (TPSA) is 27.0 Å². The van der Waals surface area contributed by atoms with Crippen LogP contribution in [0.2, 0.25) is 0 Å². The van der Waals surface area contributed by atoms with Crippen LogP contribution in [0.1, 0.15) is 18.4 Å². The van der Waals surface area contributed by atoms with Crippen LogP contribution in [-0.2, 0) is 5.41 Å². The Bertz CT molecular complexity index is 361. The van der Waals surface area contributed by atoms with Crippen LogP contribution < -0.4 is 0 Å². The van der Waals surface area contributed by atoms with Crippen molar-refractivity contribution in [2.24, 2.45) is 0 Å². The summed E-state index contributed by atoms with van der Waals surface area (Å²) in [6.07, 6.45) is 1.90. The zero-order valence-electron chi connectivity index (χ0n) is 9.52. The number of nitriles is 1. The molecule has 1 saturated heterocycles. The van der Waals surface area contributed by atoms with Gasteiger partial charge < -0.3 is 4.90 Å². The molecule has 1 heterocycles.